The molecule has 6 nitrogen and oxygen atoms in total. The van der Waals surface area contributed by atoms with Crippen LogP contribution < -0.4 is 10.2 Å². The molecule has 3 aliphatic rings. The molecule has 1 saturated heterocycles. The van der Waals surface area contributed by atoms with Gasteiger partial charge in [0.15, 0.2) is 17.4 Å². The molecule has 1 aliphatic carbocycles. The number of carbonyl (C=O) groups is 1. The normalized spacial score (nSPS) is 20.7. The zero-order valence-electron chi connectivity index (χ0n) is 23.2. The molecule has 2 atom stereocenters. The molecule has 1 saturated carbocycles. The Morgan fingerprint density at radius 2 is 1.73 bits per heavy atom. The summed E-state index contributed by atoms with van der Waals surface area (Å²) in [6.45, 7) is 4.86. The van der Waals surface area contributed by atoms with E-state index in [1.54, 1.807) is 6.20 Å². The maximum absolute atomic E-state index is 14.5. The lowest BCUT2D eigenvalue weighted by Gasteiger charge is -2.30. The van der Waals surface area contributed by atoms with Crippen molar-refractivity contribution in [2.45, 2.75) is 51.5 Å². The first-order valence-corrected chi connectivity index (χ1v) is 15.2. The van der Waals surface area contributed by atoms with Crippen LogP contribution in [-0.4, -0.2) is 53.4 Å². The summed E-state index contributed by atoms with van der Waals surface area (Å²) in [6, 6.07) is 9.66. The largest absolute Gasteiger partial charge is 0.365 e. The van der Waals surface area contributed by atoms with E-state index < -0.39 is 11.6 Å². The Labute approximate surface area is 245 Å². The minimum Gasteiger partial charge on any atom is -0.365 e. The van der Waals surface area contributed by atoms with Gasteiger partial charge in [-0.25, -0.2) is 18.7 Å². The summed E-state index contributed by atoms with van der Waals surface area (Å²) in [5.74, 6) is 1.48. The fraction of sp³-hybridized carbons (Fsp3) is 0.469. The zero-order chi connectivity index (χ0) is 28.3. The molecule has 0 amide bonds. The molecule has 41 heavy (non-hydrogen) atoms. The lowest BCUT2D eigenvalue weighted by atomic mass is 9.89. The number of hydrogen-bond donors (Lipinski definition) is 1. The molecule has 0 radical (unpaired) electrons. The van der Waals surface area contributed by atoms with Crippen LogP contribution in [0.1, 0.15) is 60.9 Å². The van der Waals surface area contributed by atoms with E-state index >= 15 is 0 Å². The van der Waals surface area contributed by atoms with Crippen molar-refractivity contribution in [2.75, 3.05) is 42.9 Å². The van der Waals surface area contributed by atoms with Crippen LogP contribution >= 0.6 is 11.6 Å². The van der Waals surface area contributed by atoms with Crippen molar-refractivity contribution in [1.82, 2.24) is 14.9 Å². The highest BCUT2D eigenvalue weighted by Gasteiger charge is 2.30. The van der Waals surface area contributed by atoms with Gasteiger partial charge in [0.2, 0.25) is 0 Å². The summed E-state index contributed by atoms with van der Waals surface area (Å²) in [6.07, 6.45) is 9.69. The van der Waals surface area contributed by atoms with E-state index in [1.165, 1.54) is 51.7 Å². The number of hydrogen-bond acceptors (Lipinski definition) is 6. The van der Waals surface area contributed by atoms with Gasteiger partial charge in [0.05, 0.1) is 16.9 Å². The van der Waals surface area contributed by atoms with E-state index in [0.29, 0.717) is 48.3 Å². The number of nitrogens with one attached hydrogen (secondary N) is 1. The number of ketones is 1. The number of nitrogens with zero attached hydrogens (tertiary/aromatic N) is 4. The molecule has 0 bridgehead atoms. The van der Waals surface area contributed by atoms with Gasteiger partial charge in [-0.1, -0.05) is 48.7 Å². The van der Waals surface area contributed by atoms with Crippen LogP contribution in [-0.2, 0) is 6.54 Å². The van der Waals surface area contributed by atoms with Gasteiger partial charge in [-0.2, -0.15) is 0 Å². The van der Waals surface area contributed by atoms with Crippen molar-refractivity contribution in [2.24, 2.45) is 11.8 Å². The van der Waals surface area contributed by atoms with Crippen molar-refractivity contribution < 1.29 is 13.6 Å². The Kier molecular flexibility index (Phi) is 8.49. The topological polar surface area (TPSA) is 61.4 Å². The second-order valence-electron chi connectivity index (χ2n) is 11.6. The monoisotopic (exact) mass is 579 g/mol. The van der Waals surface area contributed by atoms with E-state index in [-0.39, 0.29) is 22.9 Å². The van der Waals surface area contributed by atoms with Crippen LogP contribution in [0.3, 0.4) is 0 Å². The lowest BCUT2D eigenvalue weighted by molar-refractivity contribution is 0.0968. The van der Waals surface area contributed by atoms with E-state index in [4.69, 9.17) is 16.6 Å². The number of anilines is 2. The van der Waals surface area contributed by atoms with Crippen molar-refractivity contribution in [3.05, 3.63) is 70.4 Å². The summed E-state index contributed by atoms with van der Waals surface area (Å²) in [5, 5.41) is 3.00. The Morgan fingerprint density at radius 1 is 0.976 bits per heavy atom. The van der Waals surface area contributed by atoms with E-state index in [9.17, 15) is 13.6 Å². The van der Waals surface area contributed by atoms with E-state index in [2.05, 4.69) is 15.2 Å². The Hall–Kier alpha value is -3.10. The lowest BCUT2D eigenvalue weighted by Crippen LogP contribution is -2.35. The molecule has 0 spiro atoms. The molecule has 3 aromatic rings. The van der Waals surface area contributed by atoms with Crippen molar-refractivity contribution in [3.8, 4) is 11.3 Å². The van der Waals surface area contributed by atoms with E-state index in [0.717, 1.165) is 30.0 Å². The molecule has 3 heterocycles. The third kappa shape index (κ3) is 6.24. The van der Waals surface area contributed by atoms with Crippen LogP contribution in [0.4, 0.5) is 20.4 Å². The molecule has 1 aromatic heterocycles. The van der Waals surface area contributed by atoms with Crippen LogP contribution in [0.25, 0.3) is 11.3 Å². The average Bonchev–Trinajstić information content (AvgIpc) is 3.68. The predicted octanol–water partition coefficient (Wildman–Crippen LogP) is 6.98. The molecule has 9 heteroatoms. The fourth-order valence-electron chi connectivity index (χ4n) is 6.66. The molecular weight excluding hydrogens is 544 g/mol. The second kappa shape index (κ2) is 12.4. The number of benzene rings is 2. The standard InChI is InChI=1S/C32H36ClF2N5O/c33-30-25(26(34)11-12-27(30)35)20-40-17-14-36-31-32(40)38-28(18-37-31)22-6-8-23(9-7-22)29(41)13-10-21-4-3-5-24(21)19-39-15-1-2-16-39/h6-9,11-12,18,21,24H,1-5,10,13-17,19-20H2,(H,36,37)/t21?,24-/m0/s1. The summed E-state index contributed by atoms with van der Waals surface area (Å²) in [5.41, 5.74) is 2.28. The van der Waals surface area contributed by atoms with Gasteiger partial charge in [0, 0.05) is 49.3 Å². The highest BCUT2D eigenvalue weighted by molar-refractivity contribution is 6.31. The number of Topliss-reactive ketones (excluding diaryl/α,β-unsaturated/α-hetero) is 1. The molecule has 2 fully saturated rings. The van der Waals surface area contributed by atoms with Crippen molar-refractivity contribution >= 4 is 29.0 Å². The molecule has 1 unspecified atom stereocenters. The number of rotatable bonds is 9. The highest BCUT2D eigenvalue weighted by Crippen LogP contribution is 2.37. The Balaban J connectivity index is 1.12. The van der Waals surface area contributed by atoms with Gasteiger partial charge in [-0.05, 0) is 62.7 Å². The Morgan fingerprint density at radius 3 is 2.54 bits per heavy atom. The highest BCUT2D eigenvalue weighted by atomic mass is 35.5. The zero-order valence-corrected chi connectivity index (χ0v) is 24.0. The predicted molar refractivity (Wildman–Crippen MR) is 158 cm³/mol. The maximum atomic E-state index is 14.5. The first kappa shape index (κ1) is 28.0. The quantitative estimate of drug-likeness (QED) is 0.218. The molecule has 216 valence electrons. The van der Waals surface area contributed by atoms with Gasteiger partial charge in [0.1, 0.15) is 11.6 Å². The van der Waals surface area contributed by atoms with Gasteiger partial charge in [0.25, 0.3) is 0 Å². The third-order valence-electron chi connectivity index (χ3n) is 8.97. The summed E-state index contributed by atoms with van der Waals surface area (Å²) < 4.78 is 28.5. The van der Waals surface area contributed by atoms with Crippen molar-refractivity contribution in [3.63, 3.8) is 0 Å². The van der Waals surface area contributed by atoms with Crippen molar-refractivity contribution in [1.29, 1.82) is 0 Å². The second-order valence-corrected chi connectivity index (χ2v) is 12.0. The maximum Gasteiger partial charge on any atom is 0.172 e. The van der Waals surface area contributed by atoms with Gasteiger partial charge in [-0.3, -0.25) is 4.79 Å². The van der Waals surface area contributed by atoms with Crippen LogP contribution in [0.15, 0.2) is 42.6 Å². The molecule has 2 aromatic carbocycles. The smallest absolute Gasteiger partial charge is 0.172 e. The summed E-state index contributed by atoms with van der Waals surface area (Å²) >= 11 is 6.09. The third-order valence-corrected chi connectivity index (χ3v) is 9.38. The van der Waals surface area contributed by atoms with Gasteiger partial charge < -0.3 is 15.1 Å². The molecule has 1 N–H and O–H groups in total. The fourth-order valence-corrected chi connectivity index (χ4v) is 6.87. The van der Waals surface area contributed by atoms with Gasteiger partial charge in [-0.15, -0.1) is 0 Å². The molecule has 6 rings (SSSR count). The van der Waals surface area contributed by atoms with Crippen LogP contribution in [0.5, 0.6) is 0 Å². The number of halogens is 3. The average molecular weight is 580 g/mol. The first-order valence-electron chi connectivity index (χ1n) is 14.8. The number of likely N-dealkylation sites (tertiary alicyclic amines) is 1. The summed E-state index contributed by atoms with van der Waals surface area (Å²) in [7, 11) is 0. The van der Waals surface area contributed by atoms with Crippen LogP contribution in [0, 0.1) is 23.5 Å². The minimum absolute atomic E-state index is 0.0720. The minimum atomic E-state index is -0.655. The number of aromatic nitrogens is 2. The molecule has 2 aliphatic heterocycles. The Bertz CT molecular complexity index is 1400. The van der Waals surface area contributed by atoms with Crippen LogP contribution in [0.2, 0.25) is 5.02 Å². The molecular formula is C32H36ClF2N5O. The van der Waals surface area contributed by atoms with E-state index in [1.807, 2.05) is 29.2 Å². The number of carbonyl (C=O) groups excluding carboxylic acids is 1. The first-order chi connectivity index (χ1) is 20.0. The van der Waals surface area contributed by atoms with Gasteiger partial charge >= 0.3 is 0 Å². The number of fused-ring (bicyclic) bond motifs is 1. The SMILES string of the molecule is O=C(CCC1CCC[C@H]1CN1CCCC1)c1ccc(-c2cnc3c(n2)N(Cc2c(F)ccc(F)c2Cl)CCN3)cc1. The summed E-state index contributed by atoms with van der Waals surface area (Å²) in [4.78, 5) is 26.9.